The molecule has 2 unspecified atom stereocenters. The number of fused-ring (bicyclic) bond motifs is 1. The van der Waals surface area contributed by atoms with Crippen molar-refractivity contribution in [2.24, 2.45) is 10.1 Å². The molecule has 2 atom stereocenters. The highest BCUT2D eigenvalue weighted by molar-refractivity contribution is 8.14. The van der Waals surface area contributed by atoms with E-state index in [2.05, 4.69) is 15.5 Å². The summed E-state index contributed by atoms with van der Waals surface area (Å²) in [5, 5.41) is 7.04. The van der Waals surface area contributed by atoms with Gasteiger partial charge in [-0.2, -0.15) is 5.10 Å². The van der Waals surface area contributed by atoms with E-state index < -0.39 is 0 Å². The summed E-state index contributed by atoms with van der Waals surface area (Å²) in [5.41, 5.74) is 2.98. The van der Waals surface area contributed by atoms with Gasteiger partial charge >= 0.3 is 6.03 Å². The molecule has 0 aromatic carbocycles. The largest absolute Gasteiger partial charge is 0.322 e. The Morgan fingerprint density at radius 3 is 2.90 bits per heavy atom. The third kappa shape index (κ3) is 2.65. The lowest BCUT2D eigenvalue weighted by Crippen LogP contribution is -2.35. The first-order chi connectivity index (χ1) is 10.2. The van der Waals surface area contributed by atoms with Crippen molar-refractivity contribution in [3.8, 4) is 0 Å². The number of nitrogens with one attached hydrogen (secondary N) is 1. The molecule has 3 rings (SSSR count). The molecule has 0 radical (unpaired) electrons. The van der Waals surface area contributed by atoms with Crippen molar-refractivity contribution < 1.29 is 4.79 Å². The van der Waals surface area contributed by atoms with Crippen LogP contribution in [0.1, 0.15) is 18.7 Å². The summed E-state index contributed by atoms with van der Waals surface area (Å²) in [6.07, 6.45) is 1.68. The molecule has 2 amide bonds. The van der Waals surface area contributed by atoms with E-state index >= 15 is 0 Å². The number of hydrazone groups is 1. The number of carbonyl (C=O) groups excluding carboxylic acids is 1. The zero-order chi connectivity index (χ0) is 14.8. The molecule has 1 aromatic heterocycles. The van der Waals surface area contributed by atoms with Gasteiger partial charge in [-0.15, -0.1) is 11.3 Å². The monoisotopic (exact) mass is 323 g/mol. The normalized spacial score (nSPS) is 24.9. The van der Waals surface area contributed by atoms with Gasteiger partial charge in [-0.05, 0) is 25.3 Å². The molecule has 6 nitrogen and oxygen atoms in total. The summed E-state index contributed by atoms with van der Waals surface area (Å²) in [4.78, 5) is 21.5. The van der Waals surface area contributed by atoms with Crippen LogP contribution >= 0.6 is 23.1 Å². The lowest BCUT2D eigenvalue weighted by atomic mass is 10.4. The second-order valence-corrected chi connectivity index (χ2v) is 6.68. The van der Waals surface area contributed by atoms with Crippen molar-refractivity contribution in [3.05, 3.63) is 22.4 Å². The van der Waals surface area contributed by atoms with Gasteiger partial charge in [0.15, 0.2) is 11.3 Å². The summed E-state index contributed by atoms with van der Waals surface area (Å²) >= 11 is 3.20. The van der Waals surface area contributed by atoms with Crippen LogP contribution in [0.5, 0.6) is 0 Å². The molecule has 1 N–H and O–H groups in total. The third-order valence-corrected chi connectivity index (χ3v) is 5.40. The van der Waals surface area contributed by atoms with Gasteiger partial charge in [-0.3, -0.25) is 10.3 Å². The van der Waals surface area contributed by atoms with Crippen LogP contribution in [0, 0.1) is 0 Å². The third-order valence-electron chi connectivity index (χ3n) is 3.43. The predicted octanol–water partition coefficient (Wildman–Crippen LogP) is 2.20. The van der Waals surface area contributed by atoms with Crippen molar-refractivity contribution in [1.82, 2.24) is 15.2 Å². The number of thioether (sulfide) groups is 1. The number of hydrogen-bond acceptors (Lipinski definition) is 6. The maximum absolute atomic E-state index is 12.2. The van der Waals surface area contributed by atoms with E-state index in [-0.39, 0.29) is 17.6 Å². The fourth-order valence-corrected chi connectivity index (χ4v) is 4.22. The molecule has 1 aromatic rings. The Labute approximate surface area is 131 Å². The number of urea groups is 1. The molecule has 112 valence electrons. The van der Waals surface area contributed by atoms with E-state index in [4.69, 9.17) is 0 Å². The molecule has 1 saturated heterocycles. The van der Waals surface area contributed by atoms with E-state index in [1.54, 1.807) is 34.2 Å². The average molecular weight is 323 g/mol. The lowest BCUT2D eigenvalue weighted by molar-refractivity contribution is 0.190. The smallest absolute Gasteiger partial charge is 0.308 e. The Kier molecular flexibility index (Phi) is 4.16. The highest BCUT2D eigenvalue weighted by atomic mass is 32.2. The van der Waals surface area contributed by atoms with Crippen LogP contribution in [-0.4, -0.2) is 51.8 Å². The maximum Gasteiger partial charge on any atom is 0.322 e. The summed E-state index contributed by atoms with van der Waals surface area (Å²) in [5.74, 6) is 0. The number of likely N-dealkylation sites (N-methyl/N-ethyl adjacent to an activating group) is 2. The Morgan fingerprint density at radius 1 is 1.43 bits per heavy atom. The summed E-state index contributed by atoms with van der Waals surface area (Å²) in [6, 6.07) is 4.07. The zero-order valence-corrected chi connectivity index (χ0v) is 13.5. The molecule has 2 aliphatic heterocycles. The van der Waals surface area contributed by atoms with Crippen LogP contribution in [0.4, 0.5) is 4.79 Å². The molecule has 2 aliphatic rings. The van der Waals surface area contributed by atoms with E-state index in [9.17, 15) is 4.79 Å². The second kappa shape index (κ2) is 6.07. The van der Waals surface area contributed by atoms with Crippen LogP contribution < -0.4 is 5.43 Å². The first-order valence-corrected chi connectivity index (χ1v) is 8.64. The Bertz CT molecular complexity index is 571. The second-order valence-electron chi connectivity index (χ2n) is 4.60. The molecular weight excluding hydrogens is 306 g/mol. The number of nitrogens with zero attached hydrogens (tertiary/aromatic N) is 4. The van der Waals surface area contributed by atoms with Crippen LogP contribution in [0.3, 0.4) is 0 Å². The van der Waals surface area contributed by atoms with Gasteiger partial charge in [-0.1, -0.05) is 17.8 Å². The molecule has 8 heteroatoms. The Hall–Kier alpha value is -1.54. The van der Waals surface area contributed by atoms with Gasteiger partial charge in [-0.25, -0.2) is 9.79 Å². The Morgan fingerprint density at radius 2 is 2.24 bits per heavy atom. The van der Waals surface area contributed by atoms with Crippen molar-refractivity contribution in [3.63, 3.8) is 0 Å². The maximum atomic E-state index is 12.2. The first-order valence-electron chi connectivity index (χ1n) is 6.89. The fourth-order valence-electron chi connectivity index (χ4n) is 2.43. The van der Waals surface area contributed by atoms with E-state index in [1.165, 1.54) is 0 Å². The minimum Gasteiger partial charge on any atom is -0.308 e. The average Bonchev–Trinajstić information content (AvgIpc) is 3.15. The molecule has 0 aliphatic carbocycles. The highest BCUT2D eigenvalue weighted by Gasteiger charge is 2.48. The van der Waals surface area contributed by atoms with Crippen molar-refractivity contribution >= 4 is 40.5 Å². The van der Waals surface area contributed by atoms with E-state index in [0.29, 0.717) is 13.1 Å². The van der Waals surface area contributed by atoms with Crippen molar-refractivity contribution in [2.75, 3.05) is 13.1 Å². The molecule has 0 saturated carbocycles. The van der Waals surface area contributed by atoms with Gasteiger partial charge in [0.05, 0.1) is 6.21 Å². The molecule has 0 bridgehead atoms. The molecule has 21 heavy (non-hydrogen) atoms. The van der Waals surface area contributed by atoms with E-state index in [1.807, 2.05) is 36.3 Å². The SMILES string of the molecule is CCN1C(=O)N(CC)C2SC(N/N=C/c3cccs3)=NC21. The molecule has 3 heterocycles. The van der Waals surface area contributed by atoms with Gasteiger partial charge in [0.25, 0.3) is 0 Å². The minimum absolute atomic E-state index is 0.0573. The Balaban J connectivity index is 1.67. The number of thiophene rings is 1. The van der Waals surface area contributed by atoms with Crippen LogP contribution in [0.15, 0.2) is 27.6 Å². The standard InChI is InChI=1S/C13H17N5OS2/c1-3-17-10-11(18(4-2)13(17)19)21-12(15-10)16-14-8-9-6-5-7-20-9/h5-8,10-11H,3-4H2,1-2H3,(H,15,16)/b14-8+. The summed E-state index contributed by atoms with van der Waals surface area (Å²) in [7, 11) is 0. The predicted molar refractivity (Wildman–Crippen MR) is 87.8 cm³/mol. The minimum atomic E-state index is -0.105. The number of amidine groups is 1. The fraction of sp³-hybridized carbons (Fsp3) is 0.462. The number of hydrogen-bond donors (Lipinski definition) is 1. The molecule has 0 spiro atoms. The summed E-state index contributed by atoms with van der Waals surface area (Å²) < 4.78 is 0. The first kappa shape index (κ1) is 14.4. The van der Waals surface area contributed by atoms with Gasteiger partial charge in [0.1, 0.15) is 5.37 Å². The topological polar surface area (TPSA) is 60.3 Å². The van der Waals surface area contributed by atoms with Crippen molar-refractivity contribution in [2.45, 2.75) is 25.4 Å². The van der Waals surface area contributed by atoms with Gasteiger partial charge in [0, 0.05) is 18.0 Å². The summed E-state index contributed by atoms with van der Waals surface area (Å²) in [6.45, 7) is 5.35. The quantitative estimate of drug-likeness (QED) is 0.682. The zero-order valence-electron chi connectivity index (χ0n) is 11.9. The van der Waals surface area contributed by atoms with Crippen LogP contribution in [0.25, 0.3) is 0 Å². The number of carbonyl (C=O) groups is 1. The van der Waals surface area contributed by atoms with Gasteiger partial charge < -0.3 is 4.90 Å². The highest BCUT2D eigenvalue weighted by Crippen LogP contribution is 2.36. The van der Waals surface area contributed by atoms with Gasteiger partial charge in [0.2, 0.25) is 0 Å². The number of rotatable bonds is 4. The number of aliphatic imine (C=N–C) groups is 1. The van der Waals surface area contributed by atoms with E-state index in [0.717, 1.165) is 10.0 Å². The van der Waals surface area contributed by atoms with Crippen molar-refractivity contribution in [1.29, 1.82) is 0 Å². The van der Waals surface area contributed by atoms with Crippen LogP contribution in [-0.2, 0) is 0 Å². The number of amides is 2. The molecular formula is C13H17N5OS2. The lowest BCUT2D eigenvalue weighted by Gasteiger charge is -2.18. The molecule has 1 fully saturated rings. The van der Waals surface area contributed by atoms with Crippen LogP contribution in [0.2, 0.25) is 0 Å².